The Morgan fingerprint density at radius 2 is 1.90 bits per heavy atom. The minimum Gasteiger partial charge on any atom is -0.381 e. The first-order valence-corrected chi connectivity index (χ1v) is 10.8. The second-order valence-electron chi connectivity index (χ2n) is 8.51. The van der Waals surface area contributed by atoms with Crippen LogP contribution in [0.5, 0.6) is 0 Å². The molecule has 3 fully saturated rings. The summed E-state index contributed by atoms with van der Waals surface area (Å²) in [6, 6.07) is 0.477. The van der Waals surface area contributed by atoms with Crippen molar-refractivity contribution in [2.24, 2.45) is 0 Å². The van der Waals surface area contributed by atoms with E-state index in [2.05, 4.69) is 15.4 Å². The lowest BCUT2D eigenvalue weighted by Crippen LogP contribution is -2.55. The molecule has 3 aliphatic rings. The van der Waals surface area contributed by atoms with Gasteiger partial charge in [0, 0.05) is 32.3 Å². The number of fused-ring (bicyclic) bond motifs is 1. The molecule has 2 aromatic heterocycles. The predicted molar refractivity (Wildman–Crippen MR) is 107 cm³/mol. The molecule has 2 aromatic rings. The van der Waals surface area contributed by atoms with E-state index in [0.29, 0.717) is 49.2 Å². The number of nitrogens with zero attached hydrogens (tertiary/aromatic N) is 4. The van der Waals surface area contributed by atoms with Gasteiger partial charge >= 0.3 is 6.03 Å². The number of likely N-dealkylation sites (tertiary alicyclic amines) is 1. The second kappa shape index (κ2) is 7.78. The molecule has 1 saturated carbocycles. The van der Waals surface area contributed by atoms with Crippen molar-refractivity contribution < 1.29 is 9.53 Å². The van der Waals surface area contributed by atoms with Gasteiger partial charge in [-0.3, -0.25) is 4.79 Å². The summed E-state index contributed by atoms with van der Waals surface area (Å²) < 4.78 is 7.28. The van der Waals surface area contributed by atoms with Crippen molar-refractivity contribution in [1.29, 1.82) is 0 Å². The minimum atomic E-state index is -0.142. The van der Waals surface area contributed by atoms with Crippen LogP contribution in [-0.2, 0) is 4.74 Å². The maximum absolute atomic E-state index is 12.6. The predicted octanol–water partition coefficient (Wildman–Crippen LogP) is 1.91. The fourth-order valence-electron chi connectivity index (χ4n) is 4.66. The van der Waals surface area contributed by atoms with Crippen LogP contribution in [0.1, 0.15) is 62.7 Å². The third-order valence-corrected chi connectivity index (χ3v) is 6.51. The second-order valence-corrected chi connectivity index (χ2v) is 8.51. The molecule has 29 heavy (non-hydrogen) atoms. The number of carbonyl (C=O) groups is 1. The number of amides is 2. The summed E-state index contributed by atoms with van der Waals surface area (Å²) in [7, 11) is 0. The number of hydrogen-bond acceptors (Lipinski definition) is 5. The van der Waals surface area contributed by atoms with E-state index in [1.807, 2.05) is 4.68 Å². The molecule has 156 valence electrons. The highest BCUT2D eigenvalue weighted by Crippen LogP contribution is 2.30. The third kappa shape index (κ3) is 3.63. The van der Waals surface area contributed by atoms with E-state index in [4.69, 9.17) is 9.72 Å². The zero-order chi connectivity index (χ0) is 19.8. The molecular weight excluding hydrogens is 372 g/mol. The first-order valence-electron chi connectivity index (χ1n) is 10.8. The Bertz CT molecular complexity index is 935. The van der Waals surface area contributed by atoms with Crippen molar-refractivity contribution in [3.05, 3.63) is 22.4 Å². The summed E-state index contributed by atoms with van der Waals surface area (Å²) in [4.78, 5) is 34.5. The van der Waals surface area contributed by atoms with Gasteiger partial charge < -0.3 is 19.9 Å². The third-order valence-electron chi connectivity index (χ3n) is 6.51. The van der Waals surface area contributed by atoms with Crippen molar-refractivity contribution in [2.75, 3.05) is 26.3 Å². The number of carbonyl (C=O) groups excluding carboxylic acids is 1. The van der Waals surface area contributed by atoms with E-state index in [0.717, 1.165) is 25.7 Å². The average molecular weight is 400 g/mol. The van der Waals surface area contributed by atoms with Crippen molar-refractivity contribution in [2.45, 2.75) is 62.9 Å². The molecule has 0 unspecified atom stereocenters. The molecule has 2 amide bonds. The van der Waals surface area contributed by atoms with Gasteiger partial charge in [-0.25, -0.2) is 14.5 Å². The maximum atomic E-state index is 12.6. The first kappa shape index (κ1) is 18.6. The number of rotatable bonds is 3. The summed E-state index contributed by atoms with van der Waals surface area (Å²) in [5.41, 5.74) is 0.540. The molecule has 2 N–H and O–H groups in total. The van der Waals surface area contributed by atoms with Gasteiger partial charge in [-0.2, -0.15) is 5.10 Å². The zero-order valence-electron chi connectivity index (χ0n) is 16.6. The highest BCUT2D eigenvalue weighted by Gasteiger charge is 2.35. The number of ether oxygens (including phenoxy) is 1. The number of hydrogen-bond donors (Lipinski definition) is 2. The number of H-pyrrole nitrogens is 1. The standard InChI is InChI=1S/C20H28N6O3/c27-19-16-10-21-26(15-4-2-1-3-5-15)18(16)23-17(24-19)13-11-25(12-13)20(28)22-14-6-8-29-9-7-14/h10,13-15H,1-9,11-12H2,(H,22,28)(H,23,24,27). The molecule has 0 bridgehead atoms. The zero-order valence-corrected chi connectivity index (χ0v) is 16.6. The van der Waals surface area contributed by atoms with E-state index < -0.39 is 0 Å². The number of aromatic nitrogens is 4. The van der Waals surface area contributed by atoms with Crippen LogP contribution < -0.4 is 10.9 Å². The number of aromatic amines is 1. The van der Waals surface area contributed by atoms with Gasteiger partial charge in [-0.1, -0.05) is 19.3 Å². The highest BCUT2D eigenvalue weighted by molar-refractivity contribution is 5.76. The lowest BCUT2D eigenvalue weighted by atomic mass is 9.96. The van der Waals surface area contributed by atoms with Crippen LogP contribution in [0, 0.1) is 0 Å². The molecule has 4 heterocycles. The smallest absolute Gasteiger partial charge is 0.317 e. The summed E-state index contributed by atoms with van der Waals surface area (Å²) >= 11 is 0. The van der Waals surface area contributed by atoms with Crippen molar-refractivity contribution in [3.8, 4) is 0 Å². The summed E-state index contributed by atoms with van der Waals surface area (Å²) in [5.74, 6) is 0.720. The van der Waals surface area contributed by atoms with Gasteiger partial charge in [0.25, 0.3) is 5.56 Å². The highest BCUT2D eigenvalue weighted by atomic mass is 16.5. The quantitative estimate of drug-likeness (QED) is 0.819. The molecule has 1 aliphatic carbocycles. The lowest BCUT2D eigenvalue weighted by Gasteiger charge is -2.39. The monoisotopic (exact) mass is 400 g/mol. The van der Waals surface area contributed by atoms with Crippen LogP contribution in [0.4, 0.5) is 4.79 Å². The SMILES string of the molecule is O=C(NC1CCOCC1)N1CC(c2nc3c(cnn3C3CCCCC3)c(=O)[nH]2)C1. The van der Waals surface area contributed by atoms with Crippen molar-refractivity contribution in [3.63, 3.8) is 0 Å². The van der Waals surface area contributed by atoms with Crippen LogP contribution in [0.3, 0.4) is 0 Å². The Labute approximate surface area is 168 Å². The minimum absolute atomic E-state index is 0.0381. The lowest BCUT2D eigenvalue weighted by molar-refractivity contribution is 0.0753. The Morgan fingerprint density at radius 3 is 2.66 bits per heavy atom. The van der Waals surface area contributed by atoms with Crippen LogP contribution in [0.25, 0.3) is 11.0 Å². The topological polar surface area (TPSA) is 105 Å². The Balaban J connectivity index is 1.28. The van der Waals surface area contributed by atoms with Gasteiger partial charge in [-0.15, -0.1) is 0 Å². The maximum Gasteiger partial charge on any atom is 0.317 e. The van der Waals surface area contributed by atoms with Gasteiger partial charge in [0.2, 0.25) is 0 Å². The summed E-state index contributed by atoms with van der Waals surface area (Å²) in [6.07, 6.45) is 9.19. The molecule has 2 aliphatic heterocycles. The van der Waals surface area contributed by atoms with Crippen LogP contribution >= 0.6 is 0 Å². The van der Waals surface area contributed by atoms with E-state index in [9.17, 15) is 9.59 Å². The summed E-state index contributed by atoms with van der Waals surface area (Å²) in [5, 5.41) is 8.11. The molecule has 0 radical (unpaired) electrons. The molecule has 9 heteroatoms. The van der Waals surface area contributed by atoms with Crippen LogP contribution in [0.2, 0.25) is 0 Å². The number of urea groups is 1. The normalized spacial score (nSPS) is 22.0. The number of nitrogens with one attached hydrogen (secondary N) is 2. The van der Waals surface area contributed by atoms with E-state index >= 15 is 0 Å². The van der Waals surface area contributed by atoms with Gasteiger partial charge in [0.1, 0.15) is 11.2 Å². The summed E-state index contributed by atoms with van der Waals surface area (Å²) in [6.45, 7) is 2.54. The van der Waals surface area contributed by atoms with Crippen molar-refractivity contribution >= 4 is 17.1 Å². The fourth-order valence-corrected chi connectivity index (χ4v) is 4.66. The van der Waals surface area contributed by atoms with E-state index in [1.165, 1.54) is 19.3 Å². The molecule has 0 atom stereocenters. The first-order chi connectivity index (χ1) is 14.2. The van der Waals surface area contributed by atoms with E-state index in [1.54, 1.807) is 11.1 Å². The van der Waals surface area contributed by atoms with Gasteiger partial charge in [0.15, 0.2) is 5.65 Å². The van der Waals surface area contributed by atoms with Crippen molar-refractivity contribution in [1.82, 2.24) is 30.0 Å². The van der Waals surface area contributed by atoms with Gasteiger partial charge in [0.05, 0.1) is 18.2 Å². The average Bonchev–Trinajstić information content (AvgIpc) is 3.13. The largest absolute Gasteiger partial charge is 0.381 e. The molecule has 0 spiro atoms. The molecule has 5 rings (SSSR count). The Kier molecular flexibility index (Phi) is 4.99. The molecule has 0 aromatic carbocycles. The Hall–Kier alpha value is -2.42. The van der Waals surface area contributed by atoms with Crippen LogP contribution in [-0.4, -0.2) is 63.0 Å². The van der Waals surface area contributed by atoms with Gasteiger partial charge in [-0.05, 0) is 25.7 Å². The Morgan fingerprint density at radius 1 is 1.14 bits per heavy atom. The fraction of sp³-hybridized carbons (Fsp3) is 0.700. The molecule has 9 nitrogen and oxygen atoms in total. The van der Waals surface area contributed by atoms with E-state index in [-0.39, 0.29) is 23.6 Å². The molecule has 2 saturated heterocycles. The van der Waals surface area contributed by atoms with Crippen LogP contribution in [0.15, 0.2) is 11.0 Å². The molecular formula is C20H28N6O3.